The van der Waals surface area contributed by atoms with Gasteiger partial charge in [0.15, 0.2) is 0 Å². The van der Waals surface area contributed by atoms with Crippen LogP contribution in [0.2, 0.25) is 0 Å². The SMILES string of the molecule is Cc1ccc(C(NC(=O)c2ccc(-n3c(C)c[nH]c3=O)cc2)c2ccccc2)cc1. The highest BCUT2D eigenvalue weighted by molar-refractivity contribution is 5.94. The van der Waals surface area contributed by atoms with E-state index in [0.717, 1.165) is 16.8 Å². The van der Waals surface area contributed by atoms with Crippen LogP contribution in [0, 0.1) is 13.8 Å². The van der Waals surface area contributed by atoms with Crippen molar-refractivity contribution in [3.05, 3.63) is 123 Å². The third kappa shape index (κ3) is 3.96. The van der Waals surface area contributed by atoms with Crippen LogP contribution in [0.5, 0.6) is 0 Å². The second-order valence-electron chi connectivity index (χ2n) is 7.35. The number of carbonyl (C=O) groups excluding carboxylic acids is 1. The Kier molecular flexibility index (Phi) is 5.35. The van der Waals surface area contributed by atoms with Gasteiger partial charge in [0.2, 0.25) is 0 Å². The standard InChI is InChI=1S/C25H23N3O2/c1-17-8-10-20(11-9-17)23(19-6-4-3-5-7-19)27-24(29)21-12-14-22(15-13-21)28-18(2)16-26-25(28)30/h3-16,23H,1-2H3,(H,26,30)(H,27,29). The zero-order chi connectivity index (χ0) is 21.1. The topological polar surface area (TPSA) is 66.9 Å². The fourth-order valence-corrected chi connectivity index (χ4v) is 3.52. The molecule has 150 valence electrons. The number of aromatic amines is 1. The summed E-state index contributed by atoms with van der Waals surface area (Å²) in [6, 6.07) is 24.9. The number of aryl methyl sites for hydroxylation is 2. The van der Waals surface area contributed by atoms with Crippen LogP contribution in [0.1, 0.15) is 38.8 Å². The zero-order valence-corrected chi connectivity index (χ0v) is 16.9. The normalized spacial score (nSPS) is 11.8. The Balaban J connectivity index is 1.61. The van der Waals surface area contributed by atoms with E-state index in [4.69, 9.17) is 0 Å². The number of hydrogen-bond donors (Lipinski definition) is 2. The molecule has 4 aromatic rings. The maximum atomic E-state index is 13.0. The molecule has 0 aliphatic rings. The molecule has 0 spiro atoms. The number of aromatic nitrogens is 2. The lowest BCUT2D eigenvalue weighted by Gasteiger charge is -2.20. The Morgan fingerprint density at radius 3 is 2.10 bits per heavy atom. The molecule has 0 fully saturated rings. The molecule has 0 aliphatic carbocycles. The molecule has 3 aromatic carbocycles. The molecule has 1 aromatic heterocycles. The molecule has 1 heterocycles. The van der Waals surface area contributed by atoms with Gasteiger partial charge in [-0.25, -0.2) is 4.79 Å². The van der Waals surface area contributed by atoms with Gasteiger partial charge in [0, 0.05) is 17.5 Å². The molecule has 0 radical (unpaired) electrons. The molecule has 1 atom stereocenters. The number of imidazole rings is 1. The largest absolute Gasteiger partial charge is 0.341 e. The number of H-pyrrole nitrogens is 1. The Morgan fingerprint density at radius 1 is 0.867 bits per heavy atom. The second kappa shape index (κ2) is 8.25. The van der Waals surface area contributed by atoms with Gasteiger partial charge >= 0.3 is 5.69 Å². The van der Waals surface area contributed by atoms with Crippen molar-refractivity contribution >= 4 is 5.91 Å². The third-order valence-corrected chi connectivity index (χ3v) is 5.17. The van der Waals surface area contributed by atoms with Crippen LogP contribution in [0.4, 0.5) is 0 Å². The minimum Gasteiger partial charge on any atom is -0.341 e. The molecule has 5 nitrogen and oxygen atoms in total. The fraction of sp³-hybridized carbons (Fsp3) is 0.120. The van der Waals surface area contributed by atoms with Crippen molar-refractivity contribution in [2.75, 3.05) is 0 Å². The average Bonchev–Trinajstić information content (AvgIpc) is 3.11. The van der Waals surface area contributed by atoms with Crippen LogP contribution in [0.15, 0.2) is 89.9 Å². The maximum absolute atomic E-state index is 13.0. The van der Waals surface area contributed by atoms with Crippen LogP contribution in [0.3, 0.4) is 0 Å². The van der Waals surface area contributed by atoms with E-state index in [1.54, 1.807) is 35.0 Å². The lowest BCUT2D eigenvalue weighted by atomic mass is 9.97. The van der Waals surface area contributed by atoms with Gasteiger partial charge in [0.1, 0.15) is 0 Å². The lowest BCUT2D eigenvalue weighted by molar-refractivity contribution is 0.0943. The van der Waals surface area contributed by atoms with Gasteiger partial charge in [-0.05, 0) is 49.2 Å². The van der Waals surface area contributed by atoms with Crippen molar-refractivity contribution in [2.45, 2.75) is 19.9 Å². The minimum atomic E-state index is -0.256. The number of nitrogens with one attached hydrogen (secondary N) is 2. The minimum absolute atomic E-state index is 0.172. The predicted octanol–water partition coefficient (Wildman–Crippen LogP) is 4.30. The summed E-state index contributed by atoms with van der Waals surface area (Å²) in [7, 11) is 0. The van der Waals surface area contributed by atoms with Gasteiger partial charge in [-0.1, -0.05) is 60.2 Å². The number of benzene rings is 3. The van der Waals surface area contributed by atoms with Crippen molar-refractivity contribution < 1.29 is 4.79 Å². The molecule has 0 bridgehead atoms. The Hall–Kier alpha value is -3.86. The Morgan fingerprint density at radius 2 is 1.50 bits per heavy atom. The number of hydrogen-bond acceptors (Lipinski definition) is 2. The summed E-state index contributed by atoms with van der Waals surface area (Å²) in [6.07, 6.45) is 1.66. The van der Waals surface area contributed by atoms with E-state index < -0.39 is 0 Å². The summed E-state index contributed by atoms with van der Waals surface area (Å²) >= 11 is 0. The fourth-order valence-electron chi connectivity index (χ4n) is 3.52. The average molecular weight is 397 g/mol. The lowest BCUT2D eigenvalue weighted by Crippen LogP contribution is -2.29. The highest BCUT2D eigenvalue weighted by atomic mass is 16.2. The second-order valence-corrected chi connectivity index (χ2v) is 7.35. The van der Waals surface area contributed by atoms with E-state index in [2.05, 4.69) is 10.3 Å². The van der Waals surface area contributed by atoms with Gasteiger partial charge in [-0.3, -0.25) is 9.36 Å². The highest BCUT2D eigenvalue weighted by Gasteiger charge is 2.18. The van der Waals surface area contributed by atoms with Crippen LogP contribution in [-0.2, 0) is 0 Å². The molecule has 1 amide bonds. The van der Waals surface area contributed by atoms with Crippen LogP contribution < -0.4 is 11.0 Å². The predicted molar refractivity (Wildman–Crippen MR) is 118 cm³/mol. The molecule has 0 saturated carbocycles. The zero-order valence-electron chi connectivity index (χ0n) is 16.9. The first-order valence-corrected chi connectivity index (χ1v) is 9.83. The molecule has 30 heavy (non-hydrogen) atoms. The summed E-state index contributed by atoms with van der Waals surface area (Å²) in [4.78, 5) is 27.7. The molecule has 1 unspecified atom stereocenters. The van der Waals surface area contributed by atoms with Crippen LogP contribution >= 0.6 is 0 Å². The number of amides is 1. The number of rotatable bonds is 5. The first-order chi connectivity index (χ1) is 14.5. The number of nitrogens with zero attached hydrogens (tertiary/aromatic N) is 1. The van der Waals surface area contributed by atoms with E-state index in [-0.39, 0.29) is 17.6 Å². The molecule has 0 aliphatic heterocycles. The molecular formula is C25H23N3O2. The monoisotopic (exact) mass is 397 g/mol. The molecule has 5 heteroatoms. The highest BCUT2D eigenvalue weighted by Crippen LogP contribution is 2.23. The first-order valence-electron chi connectivity index (χ1n) is 9.83. The molecule has 2 N–H and O–H groups in total. The maximum Gasteiger partial charge on any atom is 0.330 e. The summed E-state index contributed by atoms with van der Waals surface area (Å²) in [5.41, 5.74) is 5.06. The van der Waals surface area contributed by atoms with Crippen LogP contribution in [0.25, 0.3) is 5.69 Å². The summed E-state index contributed by atoms with van der Waals surface area (Å²) in [6.45, 7) is 3.89. The van der Waals surface area contributed by atoms with Gasteiger partial charge in [0.25, 0.3) is 5.91 Å². The van der Waals surface area contributed by atoms with Gasteiger partial charge < -0.3 is 10.3 Å². The Labute approximate surface area is 175 Å². The summed E-state index contributed by atoms with van der Waals surface area (Å²) in [5.74, 6) is -0.172. The van der Waals surface area contributed by atoms with Crippen LogP contribution in [-0.4, -0.2) is 15.5 Å². The smallest absolute Gasteiger partial charge is 0.330 e. The third-order valence-electron chi connectivity index (χ3n) is 5.17. The van der Waals surface area contributed by atoms with Gasteiger partial charge in [-0.15, -0.1) is 0 Å². The molecule has 0 saturated heterocycles. The quantitative estimate of drug-likeness (QED) is 0.527. The number of carbonyl (C=O) groups is 1. The van der Waals surface area contributed by atoms with Crippen molar-refractivity contribution in [1.29, 1.82) is 0 Å². The van der Waals surface area contributed by atoms with E-state index in [0.29, 0.717) is 11.3 Å². The first kappa shape index (κ1) is 19.5. The summed E-state index contributed by atoms with van der Waals surface area (Å²) < 4.78 is 1.57. The summed E-state index contributed by atoms with van der Waals surface area (Å²) in [5, 5.41) is 3.15. The molecule has 4 rings (SSSR count). The Bertz CT molecular complexity index is 1200. The van der Waals surface area contributed by atoms with E-state index in [1.807, 2.05) is 68.4 Å². The van der Waals surface area contributed by atoms with Crippen molar-refractivity contribution in [3.63, 3.8) is 0 Å². The van der Waals surface area contributed by atoms with Crippen molar-refractivity contribution in [1.82, 2.24) is 14.9 Å². The van der Waals surface area contributed by atoms with Crippen molar-refractivity contribution in [3.8, 4) is 5.69 Å². The van der Waals surface area contributed by atoms with E-state index in [9.17, 15) is 9.59 Å². The van der Waals surface area contributed by atoms with Crippen molar-refractivity contribution in [2.24, 2.45) is 0 Å². The van der Waals surface area contributed by atoms with Gasteiger partial charge in [0.05, 0.1) is 11.7 Å². The molecular weight excluding hydrogens is 374 g/mol. The van der Waals surface area contributed by atoms with Gasteiger partial charge in [-0.2, -0.15) is 0 Å². The van der Waals surface area contributed by atoms with E-state index >= 15 is 0 Å². The van der Waals surface area contributed by atoms with E-state index in [1.165, 1.54) is 5.56 Å².